The van der Waals surface area contributed by atoms with Gasteiger partial charge in [-0.05, 0) is 0 Å². The first-order chi connectivity index (χ1) is 10.3. The highest BCUT2D eigenvalue weighted by molar-refractivity contribution is 7.91. The molecule has 1 N–H and O–H groups in total. The van der Waals surface area contributed by atoms with E-state index in [1.807, 2.05) is 0 Å². The molecule has 1 aliphatic heterocycles. The van der Waals surface area contributed by atoms with Gasteiger partial charge in [-0.1, -0.05) is 19.1 Å². The fourth-order valence-corrected chi connectivity index (χ4v) is 3.31. The normalized spacial score (nSPS) is 25.3. The van der Waals surface area contributed by atoms with Crippen LogP contribution in [0.3, 0.4) is 0 Å². The van der Waals surface area contributed by atoms with Gasteiger partial charge < -0.3 is 14.6 Å². The Morgan fingerprint density at radius 2 is 2.23 bits per heavy atom. The molecule has 1 saturated heterocycles. The Bertz CT molecular complexity index is 660. The number of sulfone groups is 1. The van der Waals surface area contributed by atoms with E-state index in [-0.39, 0.29) is 30.2 Å². The van der Waals surface area contributed by atoms with Crippen molar-refractivity contribution in [3.63, 3.8) is 0 Å². The van der Waals surface area contributed by atoms with Gasteiger partial charge in [0, 0.05) is 23.4 Å². The van der Waals surface area contributed by atoms with Gasteiger partial charge in [0.15, 0.2) is 9.84 Å². The van der Waals surface area contributed by atoms with E-state index in [1.165, 1.54) is 31.2 Å². The van der Waals surface area contributed by atoms with Crippen molar-refractivity contribution in [1.82, 2.24) is 0 Å². The molecule has 0 spiro atoms. The zero-order valence-corrected chi connectivity index (χ0v) is 12.8. The van der Waals surface area contributed by atoms with E-state index in [2.05, 4.69) is 0 Å². The molecule has 1 heterocycles. The maximum atomic E-state index is 12.0. The molecule has 0 amide bonds. The van der Waals surface area contributed by atoms with Crippen LogP contribution in [0.1, 0.15) is 12.5 Å². The van der Waals surface area contributed by atoms with Crippen molar-refractivity contribution in [2.45, 2.75) is 18.8 Å². The van der Waals surface area contributed by atoms with Crippen LogP contribution in [0.5, 0.6) is 0 Å². The Morgan fingerprint density at radius 3 is 2.77 bits per heavy atom. The van der Waals surface area contributed by atoms with Gasteiger partial charge in [0.25, 0.3) is 5.69 Å². The summed E-state index contributed by atoms with van der Waals surface area (Å²) in [5, 5.41) is 20.1. The summed E-state index contributed by atoms with van der Waals surface area (Å²) >= 11 is 0. The third-order valence-corrected chi connectivity index (χ3v) is 5.11. The Labute approximate surface area is 127 Å². The first-order valence-electron chi connectivity index (χ1n) is 6.70. The Kier molecular flexibility index (Phi) is 4.81. The molecule has 122 valence electrons. The third kappa shape index (κ3) is 3.43. The summed E-state index contributed by atoms with van der Waals surface area (Å²) in [6.07, 6.45) is -0.675. The number of aliphatic hydroxyl groups excluding tert-OH is 1. The van der Waals surface area contributed by atoms with Crippen LogP contribution in [0.25, 0.3) is 0 Å². The fraction of sp³-hybridized carbons (Fsp3) is 0.538. The van der Waals surface area contributed by atoms with Crippen molar-refractivity contribution >= 4 is 15.5 Å². The maximum Gasteiger partial charge on any atom is 0.269 e. The molecule has 2 unspecified atom stereocenters. The monoisotopic (exact) mass is 331 g/mol. The molecule has 8 nitrogen and oxygen atoms in total. The molecule has 1 fully saturated rings. The van der Waals surface area contributed by atoms with Crippen LogP contribution in [-0.2, 0) is 25.1 Å². The second kappa shape index (κ2) is 6.29. The lowest BCUT2D eigenvalue weighted by Crippen LogP contribution is -2.37. The summed E-state index contributed by atoms with van der Waals surface area (Å²) in [6.45, 7) is 1.18. The van der Waals surface area contributed by atoms with Crippen LogP contribution in [-0.4, -0.2) is 49.3 Å². The predicted octanol–water partition coefficient (Wildman–Crippen LogP) is 0.590. The average Bonchev–Trinajstić information content (AvgIpc) is 2.91. The zero-order chi connectivity index (χ0) is 16.4. The van der Waals surface area contributed by atoms with Gasteiger partial charge in [-0.15, -0.1) is 0 Å². The first kappa shape index (κ1) is 16.8. The molecule has 0 bridgehead atoms. The van der Waals surface area contributed by atoms with Gasteiger partial charge >= 0.3 is 0 Å². The van der Waals surface area contributed by atoms with Crippen molar-refractivity contribution in [2.24, 2.45) is 0 Å². The van der Waals surface area contributed by atoms with Crippen LogP contribution in [0.2, 0.25) is 0 Å². The van der Waals surface area contributed by atoms with E-state index in [9.17, 15) is 23.6 Å². The molecule has 1 aliphatic rings. The minimum atomic E-state index is -3.48. The summed E-state index contributed by atoms with van der Waals surface area (Å²) in [6, 6.07) is 5.47. The van der Waals surface area contributed by atoms with Gasteiger partial charge in [-0.3, -0.25) is 10.1 Å². The predicted molar refractivity (Wildman–Crippen MR) is 77.0 cm³/mol. The minimum absolute atomic E-state index is 0.0123. The number of nitro groups is 1. The number of hydrogen-bond donors (Lipinski definition) is 1. The number of nitro benzene ring substituents is 1. The van der Waals surface area contributed by atoms with Crippen LogP contribution in [0.4, 0.5) is 5.69 Å². The highest BCUT2D eigenvalue weighted by Crippen LogP contribution is 2.37. The van der Waals surface area contributed by atoms with Crippen molar-refractivity contribution in [2.75, 3.05) is 24.7 Å². The third-order valence-electron chi connectivity index (χ3n) is 3.41. The largest absolute Gasteiger partial charge is 0.394 e. The Morgan fingerprint density at radius 1 is 1.50 bits per heavy atom. The number of rotatable bonds is 6. The second-order valence-electron chi connectivity index (χ2n) is 4.97. The summed E-state index contributed by atoms with van der Waals surface area (Å²) in [4.78, 5) is 10.3. The van der Waals surface area contributed by atoms with Gasteiger partial charge in [-0.2, -0.15) is 0 Å². The van der Waals surface area contributed by atoms with Crippen molar-refractivity contribution in [3.8, 4) is 0 Å². The standard InChI is InChI=1S/C13H17NO7S/c1-2-22(18,19)9-13(20-8-12(7-15)21-13)10-4-3-5-11(6-10)14(16)17/h3-6,12,15H,2,7-9H2,1H3. The van der Waals surface area contributed by atoms with Crippen molar-refractivity contribution in [1.29, 1.82) is 0 Å². The SMILES string of the molecule is CCS(=O)(=O)CC1(c2cccc([N+](=O)[O-])c2)OCC(CO)O1. The summed E-state index contributed by atoms with van der Waals surface area (Å²) in [5.74, 6) is -2.21. The van der Waals surface area contributed by atoms with E-state index >= 15 is 0 Å². The number of aliphatic hydroxyl groups is 1. The van der Waals surface area contributed by atoms with E-state index < -0.39 is 32.4 Å². The molecule has 0 radical (unpaired) electrons. The highest BCUT2D eigenvalue weighted by atomic mass is 32.2. The molecule has 1 aromatic rings. The topological polar surface area (TPSA) is 116 Å². The van der Waals surface area contributed by atoms with E-state index in [0.29, 0.717) is 0 Å². The van der Waals surface area contributed by atoms with Crippen molar-refractivity contribution < 1.29 is 27.9 Å². The van der Waals surface area contributed by atoms with Crippen LogP contribution < -0.4 is 0 Å². The van der Waals surface area contributed by atoms with E-state index in [1.54, 1.807) is 0 Å². The van der Waals surface area contributed by atoms with Gasteiger partial charge in [-0.25, -0.2) is 8.42 Å². The fourth-order valence-electron chi connectivity index (χ4n) is 2.21. The quantitative estimate of drug-likeness (QED) is 0.599. The average molecular weight is 331 g/mol. The maximum absolute atomic E-state index is 12.0. The lowest BCUT2D eigenvalue weighted by molar-refractivity contribution is -0.385. The van der Waals surface area contributed by atoms with Crippen LogP contribution in [0.15, 0.2) is 24.3 Å². The lowest BCUT2D eigenvalue weighted by atomic mass is 10.1. The molecule has 1 aromatic carbocycles. The molecule has 0 saturated carbocycles. The minimum Gasteiger partial charge on any atom is -0.394 e. The molecule has 0 aliphatic carbocycles. The Hall–Kier alpha value is -1.55. The van der Waals surface area contributed by atoms with Gasteiger partial charge in [0.1, 0.15) is 11.9 Å². The summed E-state index contributed by atoms with van der Waals surface area (Å²) < 4.78 is 35.1. The molecular weight excluding hydrogens is 314 g/mol. The van der Waals surface area contributed by atoms with Crippen molar-refractivity contribution in [3.05, 3.63) is 39.9 Å². The number of hydrogen-bond acceptors (Lipinski definition) is 7. The number of non-ortho nitro benzene ring substituents is 1. The molecule has 2 rings (SSSR count). The second-order valence-corrected chi connectivity index (χ2v) is 7.32. The first-order valence-corrected chi connectivity index (χ1v) is 8.52. The summed E-state index contributed by atoms with van der Waals surface area (Å²) in [7, 11) is -3.48. The molecule has 2 atom stereocenters. The van der Waals surface area contributed by atoms with Gasteiger partial charge in [0.05, 0.1) is 18.1 Å². The smallest absolute Gasteiger partial charge is 0.269 e. The Balaban J connectivity index is 2.45. The summed E-state index contributed by atoms with van der Waals surface area (Å²) in [5.41, 5.74) is 0.0556. The lowest BCUT2D eigenvalue weighted by Gasteiger charge is -2.28. The van der Waals surface area contributed by atoms with Crippen LogP contribution >= 0.6 is 0 Å². The number of benzene rings is 1. The van der Waals surface area contributed by atoms with Gasteiger partial charge in [0.2, 0.25) is 5.79 Å². The van der Waals surface area contributed by atoms with Crippen LogP contribution in [0, 0.1) is 10.1 Å². The number of nitrogens with zero attached hydrogens (tertiary/aromatic N) is 1. The van der Waals surface area contributed by atoms with E-state index in [4.69, 9.17) is 9.47 Å². The van der Waals surface area contributed by atoms with E-state index in [0.717, 1.165) is 0 Å². The molecule has 0 aromatic heterocycles. The molecule has 22 heavy (non-hydrogen) atoms. The highest BCUT2D eigenvalue weighted by Gasteiger charge is 2.46. The zero-order valence-electron chi connectivity index (χ0n) is 12.0. The molecular formula is C13H17NO7S. The number of ether oxygens (including phenoxy) is 2. The molecule has 9 heteroatoms.